The first-order valence-corrected chi connectivity index (χ1v) is 8.64. The lowest BCUT2D eigenvalue weighted by Gasteiger charge is -2.07. The zero-order chi connectivity index (χ0) is 15.3. The van der Waals surface area contributed by atoms with E-state index < -0.39 is 9.05 Å². The highest BCUT2D eigenvalue weighted by atomic mass is 35.7. The number of nitrogens with one attached hydrogen (secondary N) is 1. The maximum Gasteiger partial charge on any atom is 0.261 e. The topological polar surface area (TPSA) is 63.2 Å². The summed E-state index contributed by atoms with van der Waals surface area (Å²) in [5.41, 5.74) is 0.505. The normalized spacial score (nSPS) is 20.4. The number of halogens is 1. The summed E-state index contributed by atoms with van der Waals surface area (Å²) in [6.45, 7) is 8.28. The third-order valence-corrected chi connectivity index (χ3v) is 6.06. The number of anilines is 1. The Morgan fingerprint density at radius 1 is 1.10 bits per heavy atom. The van der Waals surface area contributed by atoms with Gasteiger partial charge in [-0.25, -0.2) is 8.42 Å². The predicted octanol–water partition coefficient (Wildman–Crippen LogP) is 3.23. The van der Waals surface area contributed by atoms with E-state index in [1.165, 1.54) is 24.3 Å². The van der Waals surface area contributed by atoms with Crippen LogP contribution in [0.2, 0.25) is 0 Å². The van der Waals surface area contributed by atoms with Crippen molar-refractivity contribution in [2.45, 2.75) is 32.6 Å². The highest BCUT2D eigenvalue weighted by Gasteiger charge is 2.68. The summed E-state index contributed by atoms with van der Waals surface area (Å²) in [6.07, 6.45) is 0. The molecular formula is C14H18ClNO3S. The number of carbonyl (C=O) groups excluding carboxylic acids is 1. The van der Waals surface area contributed by atoms with Crippen LogP contribution in [0.5, 0.6) is 0 Å². The molecule has 1 fully saturated rings. The van der Waals surface area contributed by atoms with Crippen molar-refractivity contribution in [3.63, 3.8) is 0 Å². The van der Waals surface area contributed by atoms with Gasteiger partial charge >= 0.3 is 0 Å². The third-order valence-electron chi connectivity index (χ3n) is 4.69. The molecule has 0 spiro atoms. The summed E-state index contributed by atoms with van der Waals surface area (Å²) < 4.78 is 22.3. The summed E-state index contributed by atoms with van der Waals surface area (Å²) in [4.78, 5) is 12.3. The third kappa shape index (κ3) is 2.44. The van der Waals surface area contributed by atoms with Gasteiger partial charge in [0.2, 0.25) is 5.91 Å². The molecule has 0 saturated heterocycles. The van der Waals surface area contributed by atoms with E-state index >= 15 is 0 Å². The first-order chi connectivity index (χ1) is 8.98. The molecule has 1 aliphatic rings. The molecule has 0 aliphatic heterocycles. The first-order valence-electron chi connectivity index (χ1n) is 6.33. The molecule has 0 unspecified atom stereocenters. The van der Waals surface area contributed by atoms with Crippen LogP contribution < -0.4 is 5.32 Å². The Morgan fingerprint density at radius 3 is 1.90 bits per heavy atom. The van der Waals surface area contributed by atoms with E-state index in [9.17, 15) is 13.2 Å². The van der Waals surface area contributed by atoms with Crippen LogP contribution in [0.15, 0.2) is 29.2 Å². The van der Waals surface area contributed by atoms with E-state index in [0.29, 0.717) is 5.69 Å². The SMILES string of the molecule is CC1(C)C(C(=O)Nc2ccc(S(=O)(=O)Cl)cc2)C1(C)C. The Bertz CT molecular complexity index is 634. The molecule has 1 N–H and O–H groups in total. The highest BCUT2D eigenvalue weighted by Crippen LogP contribution is 2.68. The largest absolute Gasteiger partial charge is 0.326 e. The molecule has 1 aliphatic carbocycles. The van der Waals surface area contributed by atoms with Gasteiger partial charge < -0.3 is 5.32 Å². The van der Waals surface area contributed by atoms with Crippen molar-refractivity contribution in [2.24, 2.45) is 16.7 Å². The van der Waals surface area contributed by atoms with Crippen LogP contribution in [-0.2, 0) is 13.8 Å². The van der Waals surface area contributed by atoms with Gasteiger partial charge in [0.25, 0.3) is 9.05 Å². The molecule has 2 rings (SSSR count). The Labute approximate surface area is 123 Å². The van der Waals surface area contributed by atoms with E-state index in [1.54, 1.807) is 0 Å². The van der Waals surface area contributed by atoms with E-state index in [-0.39, 0.29) is 27.6 Å². The second-order valence-corrected chi connectivity index (χ2v) is 8.89. The smallest absolute Gasteiger partial charge is 0.261 e. The molecule has 0 heterocycles. The average Bonchev–Trinajstić information content (AvgIpc) is 2.68. The Balaban J connectivity index is 2.11. The number of hydrogen-bond acceptors (Lipinski definition) is 3. The first kappa shape index (κ1) is 15.3. The van der Waals surface area contributed by atoms with Gasteiger partial charge in [0.15, 0.2) is 0 Å². The fourth-order valence-corrected chi connectivity index (χ4v) is 3.54. The molecule has 4 nitrogen and oxygen atoms in total. The van der Waals surface area contributed by atoms with E-state index in [2.05, 4.69) is 33.0 Å². The zero-order valence-corrected chi connectivity index (χ0v) is 13.5. The molecule has 1 aromatic rings. The average molecular weight is 316 g/mol. The second kappa shape index (κ2) is 4.46. The highest BCUT2D eigenvalue weighted by molar-refractivity contribution is 8.13. The van der Waals surface area contributed by atoms with Crippen LogP contribution in [-0.4, -0.2) is 14.3 Å². The second-order valence-electron chi connectivity index (χ2n) is 6.33. The summed E-state index contributed by atoms with van der Waals surface area (Å²) in [5.74, 6) is -0.0899. The number of rotatable bonds is 3. The van der Waals surface area contributed by atoms with E-state index in [1.807, 2.05) is 0 Å². The fourth-order valence-electron chi connectivity index (χ4n) is 2.77. The maximum absolute atomic E-state index is 12.2. The van der Waals surface area contributed by atoms with Crippen LogP contribution >= 0.6 is 10.7 Å². The van der Waals surface area contributed by atoms with Crippen molar-refractivity contribution in [3.05, 3.63) is 24.3 Å². The standard InChI is InChI=1S/C14H18ClNO3S/c1-13(2)11(14(13,3)4)12(17)16-9-5-7-10(8-6-9)20(15,18)19/h5-8,11H,1-4H3,(H,16,17). The molecule has 1 saturated carbocycles. The molecule has 1 aromatic carbocycles. The van der Waals surface area contributed by atoms with Gasteiger partial charge in [-0.15, -0.1) is 0 Å². The molecule has 110 valence electrons. The van der Waals surface area contributed by atoms with Gasteiger partial charge in [-0.05, 0) is 35.1 Å². The van der Waals surface area contributed by atoms with Crippen molar-refractivity contribution in [2.75, 3.05) is 5.32 Å². The summed E-state index contributed by atoms with van der Waals surface area (Å²) in [5, 5.41) is 2.82. The number of amides is 1. The summed E-state index contributed by atoms with van der Waals surface area (Å²) >= 11 is 0. The molecule has 6 heteroatoms. The van der Waals surface area contributed by atoms with Crippen molar-refractivity contribution >= 4 is 31.3 Å². The maximum atomic E-state index is 12.2. The number of hydrogen-bond donors (Lipinski definition) is 1. The monoisotopic (exact) mass is 315 g/mol. The lowest BCUT2D eigenvalue weighted by Crippen LogP contribution is -2.17. The Morgan fingerprint density at radius 2 is 1.55 bits per heavy atom. The van der Waals surface area contributed by atoms with Gasteiger partial charge in [0.1, 0.15) is 0 Å². The summed E-state index contributed by atoms with van der Waals surface area (Å²) in [7, 11) is 1.51. The van der Waals surface area contributed by atoms with Gasteiger partial charge in [-0.1, -0.05) is 27.7 Å². The Hall–Kier alpha value is -1.07. The van der Waals surface area contributed by atoms with E-state index in [0.717, 1.165) is 0 Å². The van der Waals surface area contributed by atoms with Crippen LogP contribution in [0.3, 0.4) is 0 Å². The summed E-state index contributed by atoms with van der Waals surface area (Å²) in [6, 6.07) is 5.83. The number of benzene rings is 1. The zero-order valence-electron chi connectivity index (χ0n) is 11.9. The van der Waals surface area contributed by atoms with Crippen LogP contribution in [0.4, 0.5) is 5.69 Å². The van der Waals surface area contributed by atoms with Crippen LogP contribution in [0.25, 0.3) is 0 Å². The van der Waals surface area contributed by atoms with Gasteiger partial charge in [-0.3, -0.25) is 4.79 Å². The van der Waals surface area contributed by atoms with E-state index in [4.69, 9.17) is 10.7 Å². The molecule has 20 heavy (non-hydrogen) atoms. The molecular weight excluding hydrogens is 298 g/mol. The van der Waals surface area contributed by atoms with Gasteiger partial charge in [0, 0.05) is 22.3 Å². The van der Waals surface area contributed by atoms with Crippen molar-refractivity contribution in [1.29, 1.82) is 0 Å². The quantitative estimate of drug-likeness (QED) is 0.871. The molecule has 0 atom stereocenters. The number of carbonyl (C=O) groups is 1. The van der Waals surface area contributed by atoms with Gasteiger partial charge in [0.05, 0.1) is 4.90 Å². The van der Waals surface area contributed by atoms with Crippen LogP contribution in [0.1, 0.15) is 27.7 Å². The minimum absolute atomic E-state index is 0.0178. The molecule has 0 radical (unpaired) electrons. The van der Waals surface area contributed by atoms with Gasteiger partial charge in [-0.2, -0.15) is 0 Å². The van der Waals surface area contributed by atoms with Crippen molar-refractivity contribution < 1.29 is 13.2 Å². The Kier molecular flexibility index (Phi) is 3.42. The molecule has 0 aromatic heterocycles. The van der Waals surface area contributed by atoms with Crippen molar-refractivity contribution in [1.82, 2.24) is 0 Å². The lowest BCUT2D eigenvalue weighted by molar-refractivity contribution is -0.118. The predicted molar refractivity (Wildman–Crippen MR) is 79.2 cm³/mol. The fraction of sp³-hybridized carbons (Fsp3) is 0.500. The minimum atomic E-state index is -3.73. The van der Waals surface area contributed by atoms with Crippen LogP contribution in [0, 0.1) is 16.7 Å². The molecule has 0 bridgehead atoms. The molecule has 1 amide bonds. The lowest BCUT2D eigenvalue weighted by atomic mass is 10.0. The minimum Gasteiger partial charge on any atom is -0.326 e. The van der Waals surface area contributed by atoms with Crippen molar-refractivity contribution in [3.8, 4) is 0 Å².